The molecule has 16 heavy (non-hydrogen) atoms. The average molecular weight is 281 g/mol. The molecule has 1 heterocycles. The molecule has 0 unspecified atom stereocenters. The first-order valence-corrected chi connectivity index (χ1v) is 5.73. The summed E-state index contributed by atoms with van der Waals surface area (Å²) in [5.74, 6) is 0. The standard InChI is InChI=1S/C11H13BrN4/c1-7-2-11(9(12)3-10(7)13)15-5-8-4-14-6-16-8/h2-4,6,15H,5,13H2,1H3,(H,14,16). The fourth-order valence-corrected chi connectivity index (χ4v) is 1.91. The molecule has 1 aromatic carbocycles. The minimum absolute atomic E-state index is 0.710. The molecule has 2 aromatic rings. The minimum atomic E-state index is 0.710. The minimum Gasteiger partial charge on any atom is -0.398 e. The van der Waals surface area contributed by atoms with Gasteiger partial charge in [-0.15, -0.1) is 0 Å². The first-order valence-electron chi connectivity index (χ1n) is 4.93. The summed E-state index contributed by atoms with van der Waals surface area (Å²) in [6, 6.07) is 3.93. The number of aryl methyl sites for hydroxylation is 1. The number of nitrogens with two attached hydrogens (primary N) is 1. The molecule has 0 aliphatic rings. The van der Waals surface area contributed by atoms with Gasteiger partial charge in [0, 0.05) is 22.0 Å². The Morgan fingerprint density at radius 1 is 1.50 bits per heavy atom. The van der Waals surface area contributed by atoms with Crippen LogP contribution in [0.25, 0.3) is 0 Å². The monoisotopic (exact) mass is 280 g/mol. The number of nitrogen functional groups attached to an aromatic ring is 1. The van der Waals surface area contributed by atoms with Crippen molar-refractivity contribution in [3.05, 3.63) is 40.4 Å². The Morgan fingerprint density at radius 3 is 3.00 bits per heavy atom. The van der Waals surface area contributed by atoms with Crippen LogP contribution in [-0.2, 0) is 6.54 Å². The van der Waals surface area contributed by atoms with E-state index in [2.05, 4.69) is 31.2 Å². The lowest BCUT2D eigenvalue weighted by atomic mass is 10.2. The second-order valence-corrected chi connectivity index (χ2v) is 4.47. The van der Waals surface area contributed by atoms with Crippen LogP contribution in [0.15, 0.2) is 29.1 Å². The molecular formula is C11H13BrN4. The highest BCUT2D eigenvalue weighted by molar-refractivity contribution is 9.10. The number of anilines is 2. The third kappa shape index (κ3) is 2.36. The molecule has 4 nitrogen and oxygen atoms in total. The van der Waals surface area contributed by atoms with Crippen molar-refractivity contribution in [2.45, 2.75) is 13.5 Å². The number of aromatic amines is 1. The first-order chi connectivity index (χ1) is 7.66. The summed E-state index contributed by atoms with van der Waals surface area (Å²) in [6.45, 7) is 2.70. The normalized spacial score (nSPS) is 10.4. The molecule has 84 valence electrons. The van der Waals surface area contributed by atoms with Gasteiger partial charge in [-0.05, 0) is 40.5 Å². The Balaban J connectivity index is 2.12. The molecule has 4 N–H and O–H groups in total. The topological polar surface area (TPSA) is 66.7 Å². The predicted octanol–water partition coefficient (Wildman–Crippen LogP) is 2.67. The van der Waals surface area contributed by atoms with E-state index in [0.29, 0.717) is 6.54 Å². The number of hydrogen-bond donors (Lipinski definition) is 3. The molecule has 0 amide bonds. The van der Waals surface area contributed by atoms with Crippen LogP contribution in [0.3, 0.4) is 0 Å². The first kappa shape index (κ1) is 11.0. The number of benzene rings is 1. The summed E-state index contributed by atoms with van der Waals surface area (Å²) >= 11 is 3.48. The summed E-state index contributed by atoms with van der Waals surface area (Å²) < 4.78 is 0.968. The highest BCUT2D eigenvalue weighted by Gasteiger charge is 2.03. The van der Waals surface area contributed by atoms with E-state index in [1.807, 2.05) is 19.1 Å². The maximum Gasteiger partial charge on any atom is 0.0922 e. The summed E-state index contributed by atoms with van der Waals surface area (Å²) in [5, 5.41) is 3.31. The summed E-state index contributed by atoms with van der Waals surface area (Å²) in [5.41, 5.74) is 9.73. The lowest BCUT2D eigenvalue weighted by Crippen LogP contribution is -2.01. The fraction of sp³-hybridized carbons (Fsp3) is 0.182. The number of nitrogens with zero attached hydrogens (tertiary/aromatic N) is 1. The Labute approximate surface area is 102 Å². The molecule has 0 fully saturated rings. The van der Waals surface area contributed by atoms with E-state index in [1.54, 1.807) is 12.5 Å². The molecule has 0 aliphatic carbocycles. The zero-order chi connectivity index (χ0) is 11.5. The van der Waals surface area contributed by atoms with Crippen LogP contribution in [-0.4, -0.2) is 9.97 Å². The van der Waals surface area contributed by atoms with E-state index in [0.717, 1.165) is 27.1 Å². The highest BCUT2D eigenvalue weighted by Crippen LogP contribution is 2.27. The number of hydrogen-bond acceptors (Lipinski definition) is 3. The van der Waals surface area contributed by atoms with E-state index < -0.39 is 0 Å². The number of imidazole rings is 1. The van der Waals surface area contributed by atoms with Gasteiger partial charge in [0.05, 0.1) is 18.6 Å². The van der Waals surface area contributed by atoms with Crippen LogP contribution in [0.4, 0.5) is 11.4 Å². The smallest absolute Gasteiger partial charge is 0.0922 e. The molecule has 5 heteroatoms. The van der Waals surface area contributed by atoms with Crippen LogP contribution in [0, 0.1) is 6.92 Å². The van der Waals surface area contributed by atoms with Crippen LogP contribution in [0.1, 0.15) is 11.3 Å². The average Bonchev–Trinajstić information content (AvgIpc) is 2.74. The van der Waals surface area contributed by atoms with Gasteiger partial charge in [-0.25, -0.2) is 4.98 Å². The van der Waals surface area contributed by atoms with Crippen LogP contribution in [0.2, 0.25) is 0 Å². The van der Waals surface area contributed by atoms with Crippen molar-refractivity contribution in [2.24, 2.45) is 0 Å². The number of aromatic nitrogens is 2. The Hall–Kier alpha value is -1.49. The van der Waals surface area contributed by atoms with E-state index in [4.69, 9.17) is 5.73 Å². The molecule has 0 saturated carbocycles. The third-order valence-corrected chi connectivity index (χ3v) is 3.04. The molecule has 0 radical (unpaired) electrons. The zero-order valence-electron chi connectivity index (χ0n) is 8.92. The van der Waals surface area contributed by atoms with E-state index in [1.165, 1.54) is 0 Å². The van der Waals surface area contributed by atoms with Gasteiger partial charge in [-0.2, -0.15) is 0 Å². The molecule has 0 saturated heterocycles. The van der Waals surface area contributed by atoms with Gasteiger partial charge in [-0.1, -0.05) is 0 Å². The molecule has 0 spiro atoms. The van der Waals surface area contributed by atoms with Crippen molar-refractivity contribution in [1.29, 1.82) is 0 Å². The zero-order valence-corrected chi connectivity index (χ0v) is 10.5. The van der Waals surface area contributed by atoms with Crippen molar-refractivity contribution < 1.29 is 0 Å². The Morgan fingerprint density at radius 2 is 2.31 bits per heavy atom. The summed E-state index contributed by atoms with van der Waals surface area (Å²) in [6.07, 6.45) is 3.46. The molecule has 0 bridgehead atoms. The van der Waals surface area contributed by atoms with Crippen molar-refractivity contribution in [2.75, 3.05) is 11.1 Å². The summed E-state index contributed by atoms with van der Waals surface area (Å²) in [7, 11) is 0. The lowest BCUT2D eigenvalue weighted by molar-refractivity contribution is 1.07. The van der Waals surface area contributed by atoms with Crippen molar-refractivity contribution in [3.8, 4) is 0 Å². The van der Waals surface area contributed by atoms with Gasteiger partial charge in [0.25, 0.3) is 0 Å². The molecule has 0 atom stereocenters. The van der Waals surface area contributed by atoms with Gasteiger partial charge in [0.2, 0.25) is 0 Å². The molecular weight excluding hydrogens is 268 g/mol. The number of rotatable bonds is 3. The van der Waals surface area contributed by atoms with Gasteiger partial charge >= 0.3 is 0 Å². The number of halogens is 1. The Kier molecular flexibility index (Phi) is 3.14. The maximum atomic E-state index is 5.81. The highest BCUT2D eigenvalue weighted by atomic mass is 79.9. The molecule has 0 aliphatic heterocycles. The van der Waals surface area contributed by atoms with Crippen molar-refractivity contribution in [1.82, 2.24) is 9.97 Å². The maximum absolute atomic E-state index is 5.81. The van der Waals surface area contributed by atoms with Gasteiger partial charge in [0.15, 0.2) is 0 Å². The third-order valence-electron chi connectivity index (χ3n) is 2.38. The van der Waals surface area contributed by atoms with Crippen LogP contribution >= 0.6 is 15.9 Å². The van der Waals surface area contributed by atoms with Crippen molar-refractivity contribution >= 4 is 27.3 Å². The van der Waals surface area contributed by atoms with E-state index in [-0.39, 0.29) is 0 Å². The van der Waals surface area contributed by atoms with Crippen molar-refractivity contribution in [3.63, 3.8) is 0 Å². The quantitative estimate of drug-likeness (QED) is 0.758. The fourth-order valence-electron chi connectivity index (χ4n) is 1.40. The summed E-state index contributed by atoms with van der Waals surface area (Å²) in [4.78, 5) is 7.00. The second-order valence-electron chi connectivity index (χ2n) is 3.62. The predicted molar refractivity (Wildman–Crippen MR) is 69.2 cm³/mol. The molecule has 2 rings (SSSR count). The van der Waals surface area contributed by atoms with Crippen LogP contribution in [0.5, 0.6) is 0 Å². The van der Waals surface area contributed by atoms with E-state index in [9.17, 15) is 0 Å². The van der Waals surface area contributed by atoms with Gasteiger partial charge in [-0.3, -0.25) is 0 Å². The number of nitrogens with one attached hydrogen (secondary N) is 2. The number of H-pyrrole nitrogens is 1. The van der Waals surface area contributed by atoms with Gasteiger partial charge < -0.3 is 16.0 Å². The lowest BCUT2D eigenvalue weighted by Gasteiger charge is -2.10. The van der Waals surface area contributed by atoms with Gasteiger partial charge in [0.1, 0.15) is 0 Å². The van der Waals surface area contributed by atoms with E-state index >= 15 is 0 Å². The largest absolute Gasteiger partial charge is 0.398 e. The second kappa shape index (κ2) is 4.57. The van der Waals surface area contributed by atoms with Crippen LogP contribution < -0.4 is 11.1 Å². The molecule has 1 aromatic heterocycles. The SMILES string of the molecule is Cc1cc(NCc2cnc[nH]2)c(Br)cc1N. The Bertz CT molecular complexity index is 479.